The lowest BCUT2D eigenvalue weighted by atomic mass is 10.0. The van der Waals surface area contributed by atoms with Crippen molar-refractivity contribution in [3.05, 3.63) is 81.4 Å². The Morgan fingerprint density at radius 2 is 1.69 bits per heavy atom. The molecule has 0 N–H and O–H groups in total. The Morgan fingerprint density at radius 1 is 1.00 bits per heavy atom. The number of hydrogen-bond acceptors (Lipinski definition) is 4. The molecule has 0 fully saturated rings. The van der Waals surface area contributed by atoms with Gasteiger partial charge in [0.05, 0.1) is 11.4 Å². The number of ketones is 1. The van der Waals surface area contributed by atoms with Crippen LogP contribution in [0.1, 0.15) is 45.2 Å². The first-order valence-corrected chi connectivity index (χ1v) is 10.3. The fourth-order valence-electron chi connectivity index (χ4n) is 3.34. The first-order chi connectivity index (χ1) is 13.8. The number of amides is 1. The Labute approximate surface area is 175 Å². The van der Waals surface area contributed by atoms with Gasteiger partial charge in [0.2, 0.25) is 5.91 Å². The molecule has 0 spiro atoms. The summed E-state index contributed by atoms with van der Waals surface area (Å²) in [6.45, 7) is 9.44. The van der Waals surface area contributed by atoms with Gasteiger partial charge in [0.1, 0.15) is 0 Å². The molecule has 0 atom stereocenters. The summed E-state index contributed by atoms with van der Waals surface area (Å²) in [6.07, 6.45) is 3.23. The monoisotopic (exact) mass is 404 g/mol. The third-order valence-electron chi connectivity index (χ3n) is 4.73. The Morgan fingerprint density at radius 3 is 2.31 bits per heavy atom. The Balaban J connectivity index is 1.88. The van der Waals surface area contributed by atoms with Crippen molar-refractivity contribution in [2.75, 3.05) is 4.90 Å². The molecule has 4 nitrogen and oxygen atoms in total. The predicted molar refractivity (Wildman–Crippen MR) is 120 cm³/mol. The van der Waals surface area contributed by atoms with Crippen molar-refractivity contribution in [1.82, 2.24) is 4.98 Å². The average Bonchev–Trinajstić information content (AvgIpc) is 3.11. The lowest BCUT2D eigenvalue weighted by Gasteiger charge is -2.22. The fourth-order valence-corrected chi connectivity index (χ4v) is 4.18. The number of nitrogens with zero attached hydrogens (tertiary/aromatic N) is 2. The van der Waals surface area contributed by atoms with Crippen molar-refractivity contribution in [2.24, 2.45) is 0 Å². The molecule has 0 aliphatic heterocycles. The lowest BCUT2D eigenvalue weighted by Crippen LogP contribution is -2.24. The Bertz CT molecular complexity index is 1090. The van der Waals surface area contributed by atoms with E-state index in [0.29, 0.717) is 16.4 Å². The van der Waals surface area contributed by atoms with E-state index in [0.717, 1.165) is 27.9 Å². The van der Waals surface area contributed by atoms with Crippen LogP contribution in [-0.2, 0) is 4.79 Å². The molecule has 0 radical (unpaired) electrons. The molecule has 1 aromatic heterocycles. The molecule has 0 saturated heterocycles. The average molecular weight is 405 g/mol. The number of carbonyl (C=O) groups is 2. The van der Waals surface area contributed by atoms with Gasteiger partial charge in [-0.3, -0.25) is 14.5 Å². The zero-order valence-electron chi connectivity index (χ0n) is 17.3. The van der Waals surface area contributed by atoms with E-state index in [9.17, 15) is 9.59 Å². The number of aryl methyl sites for hydroxylation is 4. The normalized spacial score (nSPS) is 11.1. The van der Waals surface area contributed by atoms with Crippen LogP contribution in [0.3, 0.4) is 0 Å². The Hall–Kier alpha value is -3.05. The number of thiazole rings is 1. The van der Waals surface area contributed by atoms with Gasteiger partial charge in [0.15, 0.2) is 10.9 Å². The van der Waals surface area contributed by atoms with Gasteiger partial charge >= 0.3 is 0 Å². The van der Waals surface area contributed by atoms with Crippen LogP contribution in [0.5, 0.6) is 0 Å². The Kier molecular flexibility index (Phi) is 6.09. The van der Waals surface area contributed by atoms with Crippen molar-refractivity contribution in [3.8, 4) is 0 Å². The third kappa shape index (κ3) is 4.51. The maximum Gasteiger partial charge on any atom is 0.230 e. The number of hydrogen-bond donors (Lipinski definition) is 0. The first-order valence-electron chi connectivity index (χ1n) is 9.40. The van der Waals surface area contributed by atoms with Crippen LogP contribution in [0, 0.1) is 27.7 Å². The second-order valence-electron chi connectivity index (χ2n) is 7.17. The van der Waals surface area contributed by atoms with Crippen molar-refractivity contribution in [2.45, 2.75) is 34.6 Å². The molecule has 0 aliphatic carbocycles. The van der Waals surface area contributed by atoms with Crippen LogP contribution >= 0.6 is 11.3 Å². The molecule has 5 heteroatoms. The summed E-state index contributed by atoms with van der Waals surface area (Å²) in [4.78, 5) is 31.1. The number of aromatic nitrogens is 1. The molecule has 0 saturated carbocycles. The van der Waals surface area contributed by atoms with Gasteiger partial charge in [0, 0.05) is 17.9 Å². The lowest BCUT2D eigenvalue weighted by molar-refractivity contribution is -0.115. The summed E-state index contributed by atoms with van der Waals surface area (Å²) in [7, 11) is 0. The second kappa shape index (κ2) is 8.53. The first kappa shape index (κ1) is 20.7. The largest absolute Gasteiger partial charge is 0.289 e. The second-order valence-corrected chi connectivity index (χ2v) is 8.00. The highest BCUT2D eigenvalue weighted by Crippen LogP contribution is 2.33. The maximum atomic E-state index is 12.5. The molecular formula is C24H24N2O2S. The fraction of sp³-hybridized carbons (Fsp3) is 0.208. The number of carbonyl (C=O) groups excluding carboxylic acids is 2. The highest BCUT2D eigenvalue weighted by molar-refractivity contribution is 7.14. The predicted octanol–water partition coefficient (Wildman–Crippen LogP) is 5.96. The van der Waals surface area contributed by atoms with Gasteiger partial charge in [-0.05, 0) is 56.5 Å². The molecule has 1 heterocycles. The van der Waals surface area contributed by atoms with E-state index in [-0.39, 0.29) is 11.7 Å². The van der Waals surface area contributed by atoms with Crippen LogP contribution < -0.4 is 4.90 Å². The van der Waals surface area contributed by atoms with E-state index >= 15 is 0 Å². The van der Waals surface area contributed by atoms with Gasteiger partial charge in [-0.15, -0.1) is 11.3 Å². The smallest absolute Gasteiger partial charge is 0.230 e. The van der Waals surface area contributed by atoms with E-state index in [2.05, 4.69) is 4.98 Å². The molecule has 0 bridgehead atoms. The van der Waals surface area contributed by atoms with Crippen LogP contribution in [0.15, 0.2) is 47.9 Å². The quantitative estimate of drug-likeness (QED) is 0.389. The highest BCUT2D eigenvalue weighted by atomic mass is 32.1. The number of anilines is 2. The van der Waals surface area contributed by atoms with E-state index in [1.165, 1.54) is 24.3 Å². The van der Waals surface area contributed by atoms with Crippen molar-refractivity contribution in [3.63, 3.8) is 0 Å². The number of allylic oxidation sites excluding steroid dienone is 1. The van der Waals surface area contributed by atoms with E-state index in [1.54, 1.807) is 11.0 Å². The zero-order valence-corrected chi connectivity index (χ0v) is 18.1. The van der Waals surface area contributed by atoms with Gasteiger partial charge in [-0.25, -0.2) is 4.98 Å². The molecule has 0 aliphatic rings. The van der Waals surface area contributed by atoms with Crippen molar-refractivity contribution >= 4 is 39.9 Å². The topological polar surface area (TPSA) is 50.3 Å². The summed E-state index contributed by atoms with van der Waals surface area (Å²) in [6, 6.07) is 11.7. The molecule has 2 aromatic carbocycles. The van der Waals surface area contributed by atoms with Gasteiger partial charge in [-0.2, -0.15) is 0 Å². The van der Waals surface area contributed by atoms with Crippen molar-refractivity contribution < 1.29 is 9.59 Å². The molecular weight excluding hydrogens is 380 g/mol. The number of para-hydroxylation sites is 1. The van der Waals surface area contributed by atoms with Gasteiger partial charge < -0.3 is 0 Å². The van der Waals surface area contributed by atoms with Gasteiger partial charge in [0.25, 0.3) is 0 Å². The van der Waals surface area contributed by atoms with Gasteiger partial charge in [-0.1, -0.05) is 42.0 Å². The summed E-state index contributed by atoms with van der Waals surface area (Å²) < 4.78 is 0. The van der Waals surface area contributed by atoms with Crippen LogP contribution in [-0.4, -0.2) is 16.7 Å². The van der Waals surface area contributed by atoms with Crippen LogP contribution in [0.4, 0.5) is 10.8 Å². The number of rotatable bonds is 5. The van der Waals surface area contributed by atoms with Crippen molar-refractivity contribution in [1.29, 1.82) is 0 Å². The standard InChI is InChI=1S/C24H24N2O2S/c1-15-9-11-21(18(4)13-15)22(28)12-10-20-14-29-24(25-20)26(19(5)27)23-16(2)7-6-8-17(23)3/h6-14H,1-5H3. The van der Waals surface area contributed by atoms with E-state index < -0.39 is 0 Å². The molecule has 1 amide bonds. The highest BCUT2D eigenvalue weighted by Gasteiger charge is 2.21. The summed E-state index contributed by atoms with van der Waals surface area (Å²) in [5.41, 5.74) is 6.30. The van der Waals surface area contributed by atoms with E-state index in [4.69, 9.17) is 0 Å². The molecule has 0 unspecified atom stereocenters. The molecule has 148 valence electrons. The minimum absolute atomic E-state index is 0.0600. The molecule has 3 aromatic rings. The van der Waals surface area contributed by atoms with Crippen LogP contribution in [0.25, 0.3) is 6.08 Å². The summed E-state index contributed by atoms with van der Waals surface area (Å²) in [5.74, 6) is -0.158. The summed E-state index contributed by atoms with van der Waals surface area (Å²) in [5, 5.41) is 2.44. The zero-order chi connectivity index (χ0) is 21.1. The molecule has 29 heavy (non-hydrogen) atoms. The van der Waals surface area contributed by atoms with E-state index in [1.807, 2.05) is 69.5 Å². The van der Waals surface area contributed by atoms with Crippen LogP contribution in [0.2, 0.25) is 0 Å². The maximum absolute atomic E-state index is 12.5. The molecule has 3 rings (SSSR count). The number of benzene rings is 2. The SMILES string of the molecule is CC(=O)N(c1nc(C=CC(=O)c2ccc(C)cc2C)cs1)c1c(C)cccc1C. The minimum atomic E-state index is -0.0985. The third-order valence-corrected chi connectivity index (χ3v) is 5.58. The summed E-state index contributed by atoms with van der Waals surface area (Å²) >= 11 is 1.38. The minimum Gasteiger partial charge on any atom is -0.289 e.